The molecule has 8 nitrogen and oxygen atoms in total. The van der Waals surface area contributed by atoms with Crippen LogP contribution in [0.2, 0.25) is 5.02 Å². The molecule has 2 aromatic heterocycles. The quantitative estimate of drug-likeness (QED) is 0.500. The molecule has 0 amide bonds. The third-order valence-electron chi connectivity index (χ3n) is 4.41. The molecule has 9 heteroatoms. The fourth-order valence-corrected chi connectivity index (χ4v) is 3.29. The van der Waals surface area contributed by atoms with Gasteiger partial charge in [-0.25, -0.2) is 4.68 Å². The second-order valence-electron chi connectivity index (χ2n) is 5.90. The Balaban J connectivity index is 2.12. The molecule has 0 aliphatic rings. The van der Waals surface area contributed by atoms with E-state index in [-0.39, 0.29) is 22.4 Å². The monoisotopic (exact) mass is 386 g/mol. The van der Waals surface area contributed by atoms with Crippen LogP contribution in [0.3, 0.4) is 0 Å². The predicted molar refractivity (Wildman–Crippen MR) is 105 cm³/mol. The highest BCUT2D eigenvalue weighted by Crippen LogP contribution is 2.31. The molecule has 138 valence electrons. The van der Waals surface area contributed by atoms with Crippen molar-refractivity contribution >= 4 is 39.2 Å². The van der Waals surface area contributed by atoms with Gasteiger partial charge in [-0.05, 0) is 18.2 Å². The molecular weight excluding hydrogens is 372 g/mol. The molecule has 0 unspecified atom stereocenters. The number of methoxy groups -OCH3 is 2. The Morgan fingerprint density at radius 2 is 1.89 bits per heavy atom. The molecule has 4 aromatic rings. The highest BCUT2D eigenvalue weighted by Gasteiger charge is 2.18. The van der Waals surface area contributed by atoms with Gasteiger partial charge >= 0.3 is 0 Å². The van der Waals surface area contributed by atoms with E-state index in [4.69, 9.17) is 26.8 Å². The van der Waals surface area contributed by atoms with Gasteiger partial charge in [0, 0.05) is 17.5 Å². The average molecular weight is 387 g/mol. The van der Waals surface area contributed by atoms with Crippen LogP contribution in [-0.2, 0) is 0 Å². The number of nitrogens with two attached hydrogens (primary N) is 1. The zero-order valence-electron chi connectivity index (χ0n) is 14.4. The molecule has 0 aliphatic heterocycles. The summed E-state index contributed by atoms with van der Waals surface area (Å²) in [4.78, 5) is 27.3. The van der Waals surface area contributed by atoms with Crippen LogP contribution >= 0.6 is 11.6 Å². The molecule has 0 radical (unpaired) electrons. The van der Waals surface area contributed by atoms with Gasteiger partial charge in [0.1, 0.15) is 17.0 Å². The summed E-state index contributed by atoms with van der Waals surface area (Å²) in [7, 11) is 2.95. The van der Waals surface area contributed by atoms with Gasteiger partial charge in [-0.15, -0.1) is 0 Å². The minimum Gasteiger partial charge on any atom is -0.497 e. The number of fused-ring (bicyclic) bond motifs is 3. The van der Waals surface area contributed by atoms with E-state index in [2.05, 4.69) is 10.1 Å². The molecule has 27 heavy (non-hydrogen) atoms. The number of nitrogens with one attached hydrogen (secondary N) is 2. The first-order chi connectivity index (χ1) is 12.9. The van der Waals surface area contributed by atoms with Crippen LogP contribution in [0, 0.1) is 0 Å². The first kappa shape index (κ1) is 17.0. The maximum Gasteiger partial charge on any atom is 0.261 e. The summed E-state index contributed by atoms with van der Waals surface area (Å²) < 4.78 is 11.8. The number of nitrogens with zero attached hydrogens (tertiary/aromatic N) is 1. The molecule has 0 bridgehead atoms. The molecule has 2 aromatic carbocycles. The summed E-state index contributed by atoms with van der Waals surface area (Å²) in [6, 6.07) is 7.95. The van der Waals surface area contributed by atoms with Crippen molar-refractivity contribution < 1.29 is 9.47 Å². The Morgan fingerprint density at radius 3 is 2.59 bits per heavy atom. The standard InChI is InChI=1S/C18H15ClN4O4/c1-26-8-3-4-10(19)12(5-8)23-17(20)15-16(22-23)9-6-14(27-2)13(24)7-11(9)21-18(15)25/h3-7,22H,20H2,1-2H3,(H,21,25). The minimum absolute atomic E-state index is 0.162. The number of H-pyrrole nitrogens is 2. The predicted octanol–water partition coefficient (Wildman–Crippen LogP) is 2.41. The van der Waals surface area contributed by atoms with Crippen molar-refractivity contribution in [2.24, 2.45) is 0 Å². The molecule has 0 spiro atoms. The molecule has 4 N–H and O–H groups in total. The van der Waals surface area contributed by atoms with E-state index >= 15 is 0 Å². The number of aromatic amines is 2. The zero-order valence-corrected chi connectivity index (χ0v) is 15.2. The number of pyridine rings is 1. The number of nitrogen functional groups attached to an aromatic ring is 1. The summed E-state index contributed by atoms with van der Waals surface area (Å²) in [6.45, 7) is 0. The van der Waals surface area contributed by atoms with Crippen LogP contribution in [0.5, 0.6) is 11.5 Å². The SMILES string of the molecule is COc1ccc(Cl)c(-n2[nH]c3c(c2N)c(=O)[nH]c2cc(=O)c(OC)cc23)c1. The second-order valence-corrected chi connectivity index (χ2v) is 6.31. The number of anilines is 1. The highest BCUT2D eigenvalue weighted by molar-refractivity contribution is 6.32. The van der Waals surface area contributed by atoms with Gasteiger partial charge < -0.3 is 20.2 Å². The van der Waals surface area contributed by atoms with Crippen molar-refractivity contribution in [1.29, 1.82) is 0 Å². The Morgan fingerprint density at radius 1 is 1.11 bits per heavy atom. The number of halogens is 1. The molecule has 0 fully saturated rings. The van der Waals surface area contributed by atoms with Crippen LogP contribution in [0.4, 0.5) is 5.82 Å². The summed E-state index contributed by atoms with van der Waals surface area (Å²) >= 11 is 6.31. The first-order valence-electron chi connectivity index (χ1n) is 7.92. The average Bonchev–Trinajstić information content (AvgIpc) is 3.00. The molecule has 2 heterocycles. The molecule has 0 aliphatic carbocycles. The topological polar surface area (TPSA) is 115 Å². The van der Waals surface area contributed by atoms with E-state index in [9.17, 15) is 9.59 Å². The van der Waals surface area contributed by atoms with Crippen molar-refractivity contribution in [3.63, 3.8) is 0 Å². The van der Waals surface area contributed by atoms with Gasteiger partial charge in [-0.3, -0.25) is 14.7 Å². The summed E-state index contributed by atoms with van der Waals surface area (Å²) in [5.41, 5.74) is 6.85. The van der Waals surface area contributed by atoms with Crippen LogP contribution in [0.1, 0.15) is 0 Å². The van der Waals surface area contributed by atoms with Gasteiger partial charge in [0.25, 0.3) is 5.56 Å². The van der Waals surface area contributed by atoms with E-state index in [1.165, 1.54) is 25.0 Å². The first-order valence-corrected chi connectivity index (χ1v) is 8.30. The third kappa shape index (κ3) is 2.53. The van der Waals surface area contributed by atoms with Crippen LogP contribution in [0.15, 0.2) is 39.9 Å². The Bertz CT molecular complexity index is 1320. The van der Waals surface area contributed by atoms with E-state index < -0.39 is 5.56 Å². The molecule has 0 saturated carbocycles. The van der Waals surface area contributed by atoms with Crippen LogP contribution in [0.25, 0.3) is 27.5 Å². The van der Waals surface area contributed by atoms with Gasteiger partial charge in [-0.1, -0.05) is 11.6 Å². The lowest BCUT2D eigenvalue weighted by atomic mass is 10.1. The normalized spacial score (nSPS) is 11.2. The second kappa shape index (κ2) is 6.10. The largest absolute Gasteiger partial charge is 0.497 e. The van der Waals surface area contributed by atoms with Crippen molar-refractivity contribution in [2.75, 3.05) is 20.0 Å². The third-order valence-corrected chi connectivity index (χ3v) is 4.73. The number of hydrogen-bond donors (Lipinski definition) is 3. The van der Waals surface area contributed by atoms with Crippen LogP contribution in [-0.4, -0.2) is 29.0 Å². The minimum atomic E-state index is -0.423. The van der Waals surface area contributed by atoms with Gasteiger partial charge in [-0.2, -0.15) is 0 Å². The van der Waals surface area contributed by atoms with Crippen molar-refractivity contribution in [1.82, 2.24) is 14.8 Å². The highest BCUT2D eigenvalue weighted by atomic mass is 35.5. The number of hydrogen-bond acceptors (Lipinski definition) is 5. The summed E-state index contributed by atoms with van der Waals surface area (Å²) in [5.74, 6) is 0.917. The molecule has 4 rings (SSSR count). The number of benzene rings is 2. The van der Waals surface area contributed by atoms with E-state index in [0.717, 1.165) is 0 Å². The van der Waals surface area contributed by atoms with Crippen molar-refractivity contribution in [2.45, 2.75) is 0 Å². The van der Waals surface area contributed by atoms with E-state index in [1.54, 1.807) is 24.3 Å². The lowest BCUT2D eigenvalue weighted by Gasteiger charge is -2.09. The Labute approximate surface area is 157 Å². The molecule has 0 atom stereocenters. The lowest BCUT2D eigenvalue weighted by Crippen LogP contribution is -2.11. The Kier molecular flexibility index (Phi) is 3.85. The van der Waals surface area contributed by atoms with Crippen molar-refractivity contribution in [3.05, 3.63) is 55.9 Å². The molecule has 0 saturated heterocycles. The van der Waals surface area contributed by atoms with Crippen LogP contribution < -0.4 is 26.2 Å². The lowest BCUT2D eigenvalue weighted by molar-refractivity contribution is 0.411. The van der Waals surface area contributed by atoms with E-state index in [0.29, 0.717) is 32.9 Å². The smallest absolute Gasteiger partial charge is 0.261 e. The fraction of sp³-hybridized carbons (Fsp3) is 0.111. The van der Waals surface area contributed by atoms with E-state index in [1.807, 2.05) is 0 Å². The van der Waals surface area contributed by atoms with Gasteiger partial charge in [0.2, 0.25) is 5.43 Å². The number of rotatable bonds is 3. The van der Waals surface area contributed by atoms with Gasteiger partial charge in [0.15, 0.2) is 5.75 Å². The number of ether oxygens (including phenoxy) is 2. The van der Waals surface area contributed by atoms with Gasteiger partial charge in [0.05, 0.1) is 36.0 Å². The fourth-order valence-electron chi connectivity index (χ4n) is 3.09. The van der Waals surface area contributed by atoms with Crippen molar-refractivity contribution in [3.8, 4) is 17.2 Å². The maximum absolute atomic E-state index is 12.6. The Hall–Kier alpha value is -3.39. The summed E-state index contributed by atoms with van der Waals surface area (Å²) in [5, 5.41) is 4.36. The maximum atomic E-state index is 12.6. The number of aromatic nitrogens is 3. The molecular formula is C18H15ClN4O4. The summed E-state index contributed by atoms with van der Waals surface area (Å²) in [6.07, 6.45) is 0. The zero-order chi connectivity index (χ0) is 19.3.